The monoisotopic (exact) mass is 242 g/mol. The first-order chi connectivity index (χ1) is 7.47. The number of thiazole rings is 1. The zero-order valence-corrected chi connectivity index (χ0v) is 10.2. The Hall–Kier alpha value is -1.43. The molecule has 1 aromatic rings. The summed E-state index contributed by atoms with van der Waals surface area (Å²) in [5.74, 6) is -1.32. The van der Waals surface area contributed by atoms with Gasteiger partial charge in [0.1, 0.15) is 0 Å². The summed E-state index contributed by atoms with van der Waals surface area (Å²) in [6, 6.07) is -0.979. The van der Waals surface area contributed by atoms with Crippen molar-refractivity contribution in [2.75, 3.05) is 6.54 Å². The molecule has 5 nitrogen and oxygen atoms in total. The van der Waals surface area contributed by atoms with Crippen LogP contribution < -0.4 is 0 Å². The van der Waals surface area contributed by atoms with E-state index in [-0.39, 0.29) is 5.91 Å². The topological polar surface area (TPSA) is 70.5 Å². The van der Waals surface area contributed by atoms with E-state index in [0.29, 0.717) is 12.2 Å². The number of likely N-dealkylation sites (N-methyl/N-ethyl adjacent to an activating group) is 1. The molecule has 1 heterocycles. The lowest BCUT2D eigenvalue weighted by Gasteiger charge is -2.25. The molecule has 0 saturated carbocycles. The van der Waals surface area contributed by atoms with Crippen molar-refractivity contribution >= 4 is 23.2 Å². The molecule has 16 heavy (non-hydrogen) atoms. The van der Waals surface area contributed by atoms with E-state index < -0.39 is 12.0 Å². The summed E-state index contributed by atoms with van der Waals surface area (Å²) in [6.07, 6.45) is 0. The molecule has 0 aromatic carbocycles. The van der Waals surface area contributed by atoms with Crippen LogP contribution >= 0.6 is 11.3 Å². The van der Waals surface area contributed by atoms with E-state index in [2.05, 4.69) is 4.98 Å². The predicted octanol–water partition coefficient (Wildman–Crippen LogP) is 1.45. The number of nitrogens with zero attached hydrogens (tertiary/aromatic N) is 2. The minimum Gasteiger partial charge on any atom is -0.479 e. The number of carboxylic acid groups (broad SMARTS) is 1. The Balaban J connectivity index is 3.08. The maximum atomic E-state index is 11.3. The van der Waals surface area contributed by atoms with Gasteiger partial charge in [-0.2, -0.15) is 0 Å². The van der Waals surface area contributed by atoms with Crippen molar-refractivity contribution in [2.45, 2.75) is 26.8 Å². The zero-order valence-electron chi connectivity index (χ0n) is 9.43. The number of hydrogen-bond acceptors (Lipinski definition) is 4. The van der Waals surface area contributed by atoms with Gasteiger partial charge in [0.05, 0.1) is 10.7 Å². The Morgan fingerprint density at radius 1 is 1.62 bits per heavy atom. The van der Waals surface area contributed by atoms with Crippen LogP contribution in [0.5, 0.6) is 0 Å². The number of aromatic nitrogens is 1. The molecule has 1 aromatic heterocycles. The largest absolute Gasteiger partial charge is 0.479 e. The van der Waals surface area contributed by atoms with E-state index in [4.69, 9.17) is 5.11 Å². The van der Waals surface area contributed by atoms with Gasteiger partial charge in [-0.25, -0.2) is 9.78 Å². The summed E-state index contributed by atoms with van der Waals surface area (Å²) >= 11 is 1.38. The SMILES string of the molecule is CCN(C(C)=O)C(C(=O)O)c1csc(C)n1. The minimum atomic E-state index is -1.05. The van der Waals surface area contributed by atoms with Crippen molar-refractivity contribution in [1.29, 1.82) is 0 Å². The Bertz CT molecular complexity index is 403. The van der Waals surface area contributed by atoms with Gasteiger partial charge < -0.3 is 10.0 Å². The third-order valence-electron chi connectivity index (χ3n) is 2.21. The number of amides is 1. The van der Waals surface area contributed by atoms with Gasteiger partial charge in [0.15, 0.2) is 6.04 Å². The lowest BCUT2D eigenvalue weighted by atomic mass is 10.2. The molecule has 0 spiro atoms. The van der Waals surface area contributed by atoms with Crippen LogP contribution in [0.1, 0.15) is 30.6 Å². The molecule has 0 aliphatic rings. The van der Waals surface area contributed by atoms with Crippen LogP contribution in [0.4, 0.5) is 0 Å². The molecule has 0 bridgehead atoms. The van der Waals surface area contributed by atoms with Crippen molar-refractivity contribution < 1.29 is 14.7 Å². The minimum absolute atomic E-state index is 0.263. The molecule has 1 N–H and O–H groups in total. The van der Waals surface area contributed by atoms with Gasteiger partial charge in [-0.05, 0) is 13.8 Å². The molecule has 0 aliphatic carbocycles. The number of aliphatic carboxylic acids is 1. The molecule has 0 radical (unpaired) electrons. The Kier molecular flexibility index (Phi) is 4.00. The first-order valence-electron chi connectivity index (χ1n) is 4.89. The summed E-state index contributed by atoms with van der Waals surface area (Å²) in [5, 5.41) is 11.6. The second-order valence-corrected chi connectivity index (χ2v) is 4.40. The highest BCUT2D eigenvalue weighted by molar-refractivity contribution is 7.09. The van der Waals surface area contributed by atoms with Gasteiger partial charge in [0, 0.05) is 18.8 Å². The second kappa shape index (κ2) is 5.07. The average Bonchev–Trinajstić information content (AvgIpc) is 2.59. The van der Waals surface area contributed by atoms with E-state index >= 15 is 0 Å². The molecule has 1 rings (SSSR count). The van der Waals surface area contributed by atoms with Crippen molar-refractivity contribution in [3.05, 3.63) is 16.1 Å². The van der Waals surface area contributed by atoms with Crippen LogP contribution in [0.25, 0.3) is 0 Å². The fourth-order valence-corrected chi connectivity index (χ4v) is 2.14. The fraction of sp³-hybridized carbons (Fsp3) is 0.500. The summed E-state index contributed by atoms with van der Waals surface area (Å²) in [4.78, 5) is 27.9. The maximum Gasteiger partial charge on any atom is 0.332 e. The summed E-state index contributed by atoms with van der Waals surface area (Å²) in [7, 11) is 0. The normalized spacial score (nSPS) is 12.2. The van der Waals surface area contributed by atoms with Crippen LogP contribution in [0, 0.1) is 6.92 Å². The van der Waals surface area contributed by atoms with E-state index in [9.17, 15) is 9.59 Å². The van der Waals surface area contributed by atoms with Gasteiger partial charge in [-0.3, -0.25) is 4.79 Å². The van der Waals surface area contributed by atoms with Crippen molar-refractivity contribution in [3.63, 3.8) is 0 Å². The number of aryl methyl sites for hydroxylation is 1. The van der Waals surface area contributed by atoms with Gasteiger partial charge in [0.2, 0.25) is 5.91 Å². The van der Waals surface area contributed by atoms with Crippen LogP contribution in [-0.4, -0.2) is 33.4 Å². The van der Waals surface area contributed by atoms with E-state index in [0.717, 1.165) is 5.01 Å². The van der Waals surface area contributed by atoms with Crippen LogP contribution in [-0.2, 0) is 9.59 Å². The second-order valence-electron chi connectivity index (χ2n) is 3.34. The lowest BCUT2D eigenvalue weighted by molar-refractivity contribution is -0.149. The summed E-state index contributed by atoms with van der Waals surface area (Å²) in [6.45, 7) is 5.26. The van der Waals surface area contributed by atoms with Gasteiger partial charge in [-0.1, -0.05) is 0 Å². The smallest absolute Gasteiger partial charge is 0.332 e. The molecule has 1 amide bonds. The number of carbonyl (C=O) groups excluding carboxylic acids is 1. The molecule has 0 saturated heterocycles. The van der Waals surface area contributed by atoms with Gasteiger partial charge in [0.25, 0.3) is 0 Å². The molecule has 1 atom stereocenters. The van der Waals surface area contributed by atoms with Crippen LogP contribution in [0.2, 0.25) is 0 Å². The molecular formula is C10H14N2O3S. The van der Waals surface area contributed by atoms with Crippen LogP contribution in [0.3, 0.4) is 0 Å². The van der Waals surface area contributed by atoms with E-state index in [1.165, 1.54) is 23.2 Å². The Morgan fingerprint density at radius 3 is 2.56 bits per heavy atom. The fourth-order valence-electron chi connectivity index (χ4n) is 1.51. The zero-order chi connectivity index (χ0) is 12.3. The van der Waals surface area contributed by atoms with Crippen LogP contribution in [0.15, 0.2) is 5.38 Å². The number of rotatable bonds is 4. The highest BCUT2D eigenvalue weighted by Gasteiger charge is 2.30. The standard InChI is InChI=1S/C10H14N2O3S/c1-4-12(7(3)13)9(10(14)15)8-5-16-6(2)11-8/h5,9H,4H2,1-3H3,(H,14,15). The first-order valence-corrected chi connectivity index (χ1v) is 5.77. The quantitative estimate of drug-likeness (QED) is 0.867. The summed E-state index contributed by atoms with van der Waals surface area (Å²) < 4.78 is 0. The summed E-state index contributed by atoms with van der Waals surface area (Å²) in [5.41, 5.74) is 0.423. The van der Waals surface area contributed by atoms with Crippen molar-refractivity contribution in [3.8, 4) is 0 Å². The number of carbonyl (C=O) groups is 2. The highest BCUT2D eigenvalue weighted by atomic mass is 32.1. The van der Waals surface area contributed by atoms with E-state index in [1.54, 1.807) is 19.2 Å². The first kappa shape index (κ1) is 12.6. The maximum absolute atomic E-state index is 11.3. The molecular weight excluding hydrogens is 228 g/mol. The van der Waals surface area contributed by atoms with E-state index in [1.807, 2.05) is 0 Å². The predicted molar refractivity (Wildman–Crippen MR) is 60.3 cm³/mol. The van der Waals surface area contributed by atoms with Crippen molar-refractivity contribution in [2.24, 2.45) is 0 Å². The molecule has 1 unspecified atom stereocenters. The molecule has 88 valence electrons. The van der Waals surface area contributed by atoms with Gasteiger partial charge in [-0.15, -0.1) is 11.3 Å². The molecule has 6 heteroatoms. The number of carboxylic acids is 1. The average molecular weight is 242 g/mol. The number of hydrogen-bond donors (Lipinski definition) is 1. The van der Waals surface area contributed by atoms with Gasteiger partial charge >= 0.3 is 5.97 Å². The van der Waals surface area contributed by atoms with Crippen molar-refractivity contribution in [1.82, 2.24) is 9.88 Å². The highest BCUT2D eigenvalue weighted by Crippen LogP contribution is 2.22. The lowest BCUT2D eigenvalue weighted by Crippen LogP contribution is -2.37. The Morgan fingerprint density at radius 2 is 2.25 bits per heavy atom. The third-order valence-corrected chi connectivity index (χ3v) is 3.00. The Labute approximate surface area is 97.7 Å². The third kappa shape index (κ3) is 2.57. The molecule has 0 fully saturated rings. The molecule has 0 aliphatic heterocycles.